The highest BCUT2D eigenvalue weighted by Crippen LogP contribution is 2.24. The molecule has 5 heteroatoms. The maximum Gasteiger partial charge on any atom is 0.410 e. The molecule has 2 heterocycles. The highest BCUT2D eigenvalue weighted by atomic mass is 16.6. The Labute approximate surface area is 149 Å². The quantitative estimate of drug-likeness (QED) is 0.881. The summed E-state index contributed by atoms with van der Waals surface area (Å²) in [6, 6.07) is 4.32. The zero-order valence-electron chi connectivity index (χ0n) is 16.0. The van der Waals surface area contributed by atoms with Crippen LogP contribution in [0.4, 0.5) is 4.79 Å². The second-order valence-electron chi connectivity index (χ2n) is 8.25. The van der Waals surface area contributed by atoms with Crippen molar-refractivity contribution in [2.75, 3.05) is 13.1 Å². The molecule has 1 fully saturated rings. The van der Waals surface area contributed by atoms with Gasteiger partial charge in [-0.05, 0) is 76.6 Å². The number of piperidine rings is 1. The van der Waals surface area contributed by atoms with Gasteiger partial charge in [-0.2, -0.15) is 0 Å². The van der Waals surface area contributed by atoms with Crippen molar-refractivity contribution >= 4 is 17.1 Å². The van der Waals surface area contributed by atoms with Crippen molar-refractivity contribution in [3.05, 3.63) is 29.1 Å². The Morgan fingerprint density at radius 2 is 1.88 bits per heavy atom. The van der Waals surface area contributed by atoms with Gasteiger partial charge in [0.25, 0.3) is 0 Å². The zero-order valence-corrected chi connectivity index (χ0v) is 16.0. The van der Waals surface area contributed by atoms with Crippen molar-refractivity contribution < 1.29 is 9.53 Å². The third-order valence-corrected chi connectivity index (χ3v) is 4.89. The molecule has 25 heavy (non-hydrogen) atoms. The molecule has 0 bridgehead atoms. The number of amides is 1. The van der Waals surface area contributed by atoms with Crippen LogP contribution in [-0.2, 0) is 11.2 Å². The molecule has 1 aromatic heterocycles. The molecular formula is C20H29N3O2. The third kappa shape index (κ3) is 4.33. The molecule has 1 aliphatic rings. The molecule has 3 rings (SSSR count). The zero-order chi connectivity index (χ0) is 18.2. The van der Waals surface area contributed by atoms with Crippen LogP contribution in [-0.4, -0.2) is 39.7 Å². The fourth-order valence-electron chi connectivity index (χ4n) is 3.34. The molecule has 1 saturated heterocycles. The minimum atomic E-state index is -0.432. The summed E-state index contributed by atoms with van der Waals surface area (Å²) in [6.45, 7) is 11.5. The molecule has 0 radical (unpaired) electrons. The molecule has 0 spiro atoms. The number of nitrogens with zero attached hydrogens (tertiary/aromatic N) is 2. The summed E-state index contributed by atoms with van der Waals surface area (Å²) < 4.78 is 5.46. The number of aryl methyl sites for hydroxylation is 2. The van der Waals surface area contributed by atoms with E-state index in [9.17, 15) is 4.79 Å². The number of imidazole rings is 1. The van der Waals surface area contributed by atoms with Crippen LogP contribution < -0.4 is 0 Å². The van der Waals surface area contributed by atoms with Gasteiger partial charge in [-0.15, -0.1) is 0 Å². The standard InChI is InChI=1S/C20H29N3O2/c1-13-10-16-17(11-14(13)2)22-18(21-16)12-15-6-8-23(9-7-15)19(24)25-20(3,4)5/h10-11,15H,6-9,12H2,1-5H3,(H,21,22). The van der Waals surface area contributed by atoms with Crippen LogP contribution in [0.25, 0.3) is 11.0 Å². The average molecular weight is 343 g/mol. The lowest BCUT2D eigenvalue weighted by molar-refractivity contribution is 0.0184. The first-order valence-electron chi connectivity index (χ1n) is 9.15. The fraction of sp³-hybridized carbons (Fsp3) is 0.600. The number of carbonyl (C=O) groups excluding carboxylic acids is 1. The summed E-state index contributed by atoms with van der Waals surface area (Å²) in [6.07, 6.45) is 2.73. The SMILES string of the molecule is Cc1cc2nc(CC3CCN(C(=O)OC(C)(C)C)CC3)[nH]c2cc1C. The number of ether oxygens (including phenoxy) is 1. The van der Waals surface area contributed by atoms with Crippen LogP contribution in [0, 0.1) is 19.8 Å². The predicted octanol–water partition coefficient (Wildman–Crippen LogP) is 4.37. The number of carbonyl (C=O) groups is 1. The lowest BCUT2D eigenvalue weighted by Crippen LogP contribution is -2.42. The molecule has 1 aliphatic heterocycles. The van der Waals surface area contributed by atoms with Gasteiger partial charge < -0.3 is 14.6 Å². The number of hydrogen-bond acceptors (Lipinski definition) is 3. The highest BCUT2D eigenvalue weighted by molar-refractivity contribution is 5.77. The average Bonchev–Trinajstić information content (AvgIpc) is 2.88. The van der Waals surface area contributed by atoms with E-state index < -0.39 is 5.60 Å². The van der Waals surface area contributed by atoms with Gasteiger partial charge in [0.15, 0.2) is 0 Å². The van der Waals surface area contributed by atoms with Crippen molar-refractivity contribution in [3.8, 4) is 0 Å². The molecule has 136 valence electrons. The molecule has 2 aromatic rings. The van der Waals surface area contributed by atoms with Crippen molar-refractivity contribution in [1.29, 1.82) is 0 Å². The summed E-state index contributed by atoms with van der Waals surface area (Å²) in [4.78, 5) is 22.2. The number of hydrogen-bond donors (Lipinski definition) is 1. The Hall–Kier alpha value is -2.04. The maximum atomic E-state index is 12.1. The van der Waals surface area contributed by atoms with Crippen LogP contribution in [0.2, 0.25) is 0 Å². The second kappa shape index (κ2) is 6.70. The molecular weight excluding hydrogens is 314 g/mol. The molecule has 0 atom stereocenters. The van der Waals surface area contributed by atoms with Crippen LogP contribution >= 0.6 is 0 Å². The second-order valence-corrected chi connectivity index (χ2v) is 8.25. The first-order valence-corrected chi connectivity index (χ1v) is 9.15. The van der Waals surface area contributed by atoms with Crippen LogP contribution in [0.15, 0.2) is 12.1 Å². The summed E-state index contributed by atoms with van der Waals surface area (Å²) in [5.41, 5.74) is 4.29. The number of aromatic nitrogens is 2. The van der Waals surface area contributed by atoms with Gasteiger partial charge in [0.1, 0.15) is 11.4 Å². The number of rotatable bonds is 2. The minimum absolute atomic E-state index is 0.194. The summed E-state index contributed by atoms with van der Waals surface area (Å²) in [5.74, 6) is 1.61. The molecule has 1 amide bonds. The Bertz CT molecular complexity index is 726. The summed E-state index contributed by atoms with van der Waals surface area (Å²) >= 11 is 0. The minimum Gasteiger partial charge on any atom is -0.444 e. The van der Waals surface area contributed by atoms with E-state index in [1.54, 1.807) is 0 Å². The van der Waals surface area contributed by atoms with Crippen molar-refractivity contribution in [2.24, 2.45) is 5.92 Å². The fourth-order valence-corrected chi connectivity index (χ4v) is 3.34. The number of nitrogens with one attached hydrogen (secondary N) is 1. The molecule has 0 unspecified atom stereocenters. The maximum absolute atomic E-state index is 12.1. The normalized spacial score (nSPS) is 16.4. The largest absolute Gasteiger partial charge is 0.444 e. The first kappa shape index (κ1) is 17.8. The monoisotopic (exact) mass is 343 g/mol. The van der Waals surface area contributed by atoms with E-state index in [1.807, 2.05) is 25.7 Å². The third-order valence-electron chi connectivity index (χ3n) is 4.89. The number of benzene rings is 1. The Kier molecular flexibility index (Phi) is 4.76. The number of aromatic amines is 1. The van der Waals surface area contributed by atoms with Crippen LogP contribution in [0.3, 0.4) is 0 Å². The smallest absolute Gasteiger partial charge is 0.410 e. The van der Waals surface area contributed by atoms with Crippen LogP contribution in [0.5, 0.6) is 0 Å². The van der Waals surface area contributed by atoms with Gasteiger partial charge in [0, 0.05) is 19.5 Å². The lowest BCUT2D eigenvalue weighted by atomic mass is 9.93. The summed E-state index contributed by atoms with van der Waals surface area (Å²) in [7, 11) is 0. The van der Waals surface area contributed by atoms with E-state index in [2.05, 4.69) is 31.0 Å². The first-order chi connectivity index (χ1) is 11.7. The highest BCUT2D eigenvalue weighted by Gasteiger charge is 2.27. The van der Waals surface area contributed by atoms with Gasteiger partial charge >= 0.3 is 6.09 Å². The molecule has 1 N–H and O–H groups in total. The van der Waals surface area contributed by atoms with Crippen molar-refractivity contribution in [2.45, 2.75) is 59.5 Å². The molecule has 0 saturated carbocycles. The van der Waals surface area contributed by atoms with E-state index in [4.69, 9.17) is 9.72 Å². The Morgan fingerprint density at radius 3 is 2.52 bits per heavy atom. The lowest BCUT2D eigenvalue weighted by Gasteiger charge is -2.33. The van der Waals surface area contributed by atoms with Crippen molar-refractivity contribution in [3.63, 3.8) is 0 Å². The Balaban J connectivity index is 1.58. The van der Waals surface area contributed by atoms with Gasteiger partial charge in [-0.25, -0.2) is 9.78 Å². The van der Waals surface area contributed by atoms with E-state index in [-0.39, 0.29) is 6.09 Å². The summed E-state index contributed by atoms with van der Waals surface area (Å²) in [5, 5.41) is 0. The number of H-pyrrole nitrogens is 1. The van der Waals surface area contributed by atoms with Crippen LogP contribution in [0.1, 0.15) is 50.6 Å². The van der Waals surface area contributed by atoms with E-state index in [0.29, 0.717) is 5.92 Å². The topological polar surface area (TPSA) is 58.2 Å². The van der Waals surface area contributed by atoms with Gasteiger partial charge in [0.2, 0.25) is 0 Å². The molecule has 0 aliphatic carbocycles. The predicted molar refractivity (Wildman–Crippen MR) is 99.8 cm³/mol. The van der Waals surface area contributed by atoms with E-state index in [0.717, 1.165) is 49.2 Å². The number of fused-ring (bicyclic) bond motifs is 1. The van der Waals surface area contributed by atoms with Gasteiger partial charge in [0.05, 0.1) is 11.0 Å². The number of likely N-dealkylation sites (tertiary alicyclic amines) is 1. The van der Waals surface area contributed by atoms with Gasteiger partial charge in [-0.1, -0.05) is 0 Å². The van der Waals surface area contributed by atoms with Crippen molar-refractivity contribution in [1.82, 2.24) is 14.9 Å². The van der Waals surface area contributed by atoms with E-state index >= 15 is 0 Å². The van der Waals surface area contributed by atoms with Gasteiger partial charge in [-0.3, -0.25) is 0 Å². The Morgan fingerprint density at radius 1 is 1.24 bits per heavy atom. The molecule has 1 aromatic carbocycles. The van der Waals surface area contributed by atoms with E-state index in [1.165, 1.54) is 11.1 Å². The molecule has 5 nitrogen and oxygen atoms in total.